The van der Waals surface area contributed by atoms with Crippen LogP contribution < -0.4 is 0 Å². The number of aliphatic hydroxyl groups is 1. The first-order valence-electron chi connectivity index (χ1n) is 12.1. The number of Topliss-reactive ketones (excluding diaryl/α,β-unsaturated/α-hetero) is 1. The van der Waals surface area contributed by atoms with Crippen molar-refractivity contribution in [3.8, 4) is 5.75 Å². The second-order valence-corrected chi connectivity index (χ2v) is 8.59. The van der Waals surface area contributed by atoms with E-state index in [0.717, 1.165) is 24.8 Å². The first-order chi connectivity index (χ1) is 14.1. The zero-order valence-corrected chi connectivity index (χ0v) is 18.7. The lowest BCUT2D eigenvalue weighted by atomic mass is 10.00. The van der Waals surface area contributed by atoms with Crippen molar-refractivity contribution in [2.75, 3.05) is 0 Å². The summed E-state index contributed by atoms with van der Waals surface area (Å²) in [4.78, 5) is 12.0. The van der Waals surface area contributed by atoms with Gasteiger partial charge in [-0.2, -0.15) is 0 Å². The van der Waals surface area contributed by atoms with E-state index in [0.29, 0.717) is 12.8 Å². The molecule has 0 aliphatic carbocycles. The van der Waals surface area contributed by atoms with E-state index in [2.05, 4.69) is 6.92 Å². The van der Waals surface area contributed by atoms with Gasteiger partial charge >= 0.3 is 0 Å². The number of unbranched alkanes of at least 4 members (excludes halogenated alkanes) is 12. The molecular weight excluding hydrogens is 360 g/mol. The first-order valence-corrected chi connectivity index (χ1v) is 12.1. The molecule has 0 heterocycles. The Morgan fingerprint density at radius 1 is 0.793 bits per heavy atom. The zero-order chi connectivity index (χ0) is 21.2. The van der Waals surface area contributed by atoms with Crippen LogP contribution in [0.3, 0.4) is 0 Å². The molecule has 1 atom stereocenters. The van der Waals surface area contributed by atoms with Crippen LogP contribution in [0.4, 0.5) is 0 Å². The number of aliphatic hydroxyl groups excluding tert-OH is 1. The molecule has 1 rings (SSSR count). The predicted molar refractivity (Wildman–Crippen MR) is 122 cm³/mol. The van der Waals surface area contributed by atoms with Gasteiger partial charge in [-0.3, -0.25) is 4.79 Å². The van der Waals surface area contributed by atoms with Crippen LogP contribution in [-0.4, -0.2) is 22.1 Å². The average molecular weight is 405 g/mol. The standard InChI is InChI=1S/C26H44O3/c1-2-3-4-5-6-7-8-9-10-11-12-13-14-15-25(28)22-26(29)21-18-23-16-19-24(27)20-17-23/h16-17,19-20,25,27-28H,2-15,18,21-22H2,1H3/t25-/m0/s1. The van der Waals surface area contributed by atoms with Gasteiger partial charge in [0.1, 0.15) is 11.5 Å². The maximum Gasteiger partial charge on any atom is 0.135 e. The maximum atomic E-state index is 12.0. The Bertz CT molecular complexity index is 509. The topological polar surface area (TPSA) is 57.5 Å². The molecule has 166 valence electrons. The molecule has 0 saturated carbocycles. The van der Waals surface area contributed by atoms with Crippen LogP contribution in [0.1, 0.15) is 115 Å². The highest BCUT2D eigenvalue weighted by molar-refractivity contribution is 5.79. The summed E-state index contributed by atoms with van der Waals surface area (Å²) in [6.45, 7) is 2.27. The Labute approximate surface area is 178 Å². The Morgan fingerprint density at radius 2 is 1.28 bits per heavy atom. The van der Waals surface area contributed by atoms with Crippen molar-refractivity contribution < 1.29 is 15.0 Å². The number of hydrogen-bond donors (Lipinski definition) is 2. The molecule has 0 fully saturated rings. The molecule has 0 aromatic heterocycles. The summed E-state index contributed by atoms with van der Waals surface area (Å²) in [6, 6.07) is 6.96. The Kier molecular flexibility index (Phi) is 15.5. The Morgan fingerprint density at radius 3 is 1.79 bits per heavy atom. The van der Waals surface area contributed by atoms with E-state index in [9.17, 15) is 15.0 Å². The number of ketones is 1. The largest absolute Gasteiger partial charge is 0.508 e. The predicted octanol–water partition coefficient (Wildman–Crippen LogP) is 7.13. The summed E-state index contributed by atoms with van der Waals surface area (Å²) in [6.07, 6.45) is 18.8. The fourth-order valence-electron chi connectivity index (χ4n) is 3.81. The number of aromatic hydroxyl groups is 1. The molecule has 2 N–H and O–H groups in total. The van der Waals surface area contributed by atoms with Crippen molar-refractivity contribution in [3.63, 3.8) is 0 Å². The van der Waals surface area contributed by atoms with E-state index < -0.39 is 6.10 Å². The minimum absolute atomic E-state index is 0.125. The van der Waals surface area contributed by atoms with Gasteiger partial charge in [0.25, 0.3) is 0 Å². The summed E-state index contributed by atoms with van der Waals surface area (Å²) in [5.74, 6) is 0.369. The number of rotatable bonds is 19. The lowest BCUT2D eigenvalue weighted by Gasteiger charge is -2.10. The summed E-state index contributed by atoms with van der Waals surface area (Å²) in [7, 11) is 0. The molecule has 3 heteroatoms. The smallest absolute Gasteiger partial charge is 0.135 e. The minimum atomic E-state index is -0.491. The highest BCUT2D eigenvalue weighted by atomic mass is 16.3. The van der Waals surface area contributed by atoms with Gasteiger partial charge in [-0.1, -0.05) is 103 Å². The molecule has 0 bridgehead atoms. The molecule has 0 radical (unpaired) electrons. The summed E-state index contributed by atoms with van der Waals surface area (Å²) in [5.41, 5.74) is 1.04. The number of aryl methyl sites for hydroxylation is 1. The van der Waals surface area contributed by atoms with E-state index in [1.807, 2.05) is 12.1 Å². The summed E-state index contributed by atoms with van der Waals surface area (Å²) < 4.78 is 0. The van der Waals surface area contributed by atoms with Gasteiger partial charge in [-0.25, -0.2) is 0 Å². The van der Waals surface area contributed by atoms with Crippen molar-refractivity contribution in [1.29, 1.82) is 0 Å². The quantitative estimate of drug-likeness (QED) is 0.241. The molecule has 0 aliphatic heterocycles. The second-order valence-electron chi connectivity index (χ2n) is 8.59. The van der Waals surface area contributed by atoms with Gasteiger partial charge in [-0.05, 0) is 30.5 Å². The number of hydrogen-bond acceptors (Lipinski definition) is 3. The molecule has 1 aromatic rings. The number of phenolic OH excluding ortho intramolecular Hbond substituents is 1. The number of carbonyl (C=O) groups is 1. The highest BCUT2D eigenvalue weighted by Crippen LogP contribution is 2.15. The molecule has 3 nitrogen and oxygen atoms in total. The van der Waals surface area contributed by atoms with Crippen LogP contribution >= 0.6 is 0 Å². The fraction of sp³-hybridized carbons (Fsp3) is 0.731. The van der Waals surface area contributed by atoms with Gasteiger partial charge in [0, 0.05) is 12.8 Å². The number of phenols is 1. The molecule has 0 unspecified atom stereocenters. The van der Waals surface area contributed by atoms with Crippen LogP contribution in [0.15, 0.2) is 24.3 Å². The Hall–Kier alpha value is -1.35. The molecule has 0 spiro atoms. The number of carbonyl (C=O) groups excluding carboxylic acids is 1. The van der Waals surface area contributed by atoms with Crippen molar-refractivity contribution in [2.24, 2.45) is 0 Å². The third-order valence-electron chi connectivity index (χ3n) is 5.73. The fourth-order valence-corrected chi connectivity index (χ4v) is 3.81. The third kappa shape index (κ3) is 15.2. The van der Waals surface area contributed by atoms with Gasteiger partial charge < -0.3 is 10.2 Å². The average Bonchev–Trinajstić information content (AvgIpc) is 2.71. The van der Waals surface area contributed by atoms with Crippen LogP contribution in [0, 0.1) is 0 Å². The Balaban J connectivity index is 1.89. The lowest BCUT2D eigenvalue weighted by Crippen LogP contribution is -2.13. The summed E-state index contributed by atoms with van der Waals surface area (Å²) >= 11 is 0. The van der Waals surface area contributed by atoms with Crippen molar-refractivity contribution in [3.05, 3.63) is 29.8 Å². The second kappa shape index (κ2) is 17.5. The van der Waals surface area contributed by atoms with Gasteiger partial charge in [0.05, 0.1) is 6.10 Å². The zero-order valence-electron chi connectivity index (χ0n) is 18.7. The van der Waals surface area contributed by atoms with Crippen molar-refractivity contribution >= 4 is 5.78 Å². The van der Waals surface area contributed by atoms with E-state index in [1.165, 1.54) is 70.6 Å². The molecule has 1 aromatic carbocycles. The van der Waals surface area contributed by atoms with Crippen molar-refractivity contribution in [2.45, 2.75) is 122 Å². The first kappa shape index (κ1) is 25.7. The van der Waals surface area contributed by atoms with E-state index in [1.54, 1.807) is 12.1 Å². The van der Waals surface area contributed by atoms with E-state index in [4.69, 9.17) is 0 Å². The van der Waals surface area contributed by atoms with Crippen LogP contribution in [0.2, 0.25) is 0 Å². The van der Waals surface area contributed by atoms with E-state index >= 15 is 0 Å². The monoisotopic (exact) mass is 404 g/mol. The number of benzene rings is 1. The van der Waals surface area contributed by atoms with Gasteiger partial charge in [0.2, 0.25) is 0 Å². The lowest BCUT2D eigenvalue weighted by molar-refractivity contribution is -0.121. The summed E-state index contributed by atoms with van der Waals surface area (Å²) in [5, 5.41) is 19.3. The normalized spacial score (nSPS) is 12.2. The molecular formula is C26H44O3. The van der Waals surface area contributed by atoms with Crippen molar-refractivity contribution in [1.82, 2.24) is 0 Å². The van der Waals surface area contributed by atoms with Gasteiger partial charge in [-0.15, -0.1) is 0 Å². The molecule has 0 saturated heterocycles. The highest BCUT2D eigenvalue weighted by Gasteiger charge is 2.11. The van der Waals surface area contributed by atoms with E-state index in [-0.39, 0.29) is 18.0 Å². The SMILES string of the molecule is CCCCCCCCCCCCCCC[C@H](O)CC(=O)CCc1ccc(O)cc1. The van der Waals surface area contributed by atoms with Gasteiger partial charge in [0.15, 0.2) is 0 Å². The molecule has 0 aliphatic rings. The molecule has 29 heavy (non-hydrogen) atoms. The molecule has 0 amide bonds. The van der Waals surface area contributed by atoms with Crippen LogP contribution in [0.5, 0.6) is 5.75 Å². The third-order valence-corrected chi connectivity index (χ3v) is 5.73. The van der Waals surface area contributed by atoms with Crippen LogP contribution in [0.25, 0.3) is 0 Å². The maximum absolute atomic E-state index is 12.0. The minimum Gasteiger partial charge on any atom is -0.508 e. The van der Waals surface area contributed by atoms with Crippen LogP contribution in [-0.2, 0) is 11.2 Å².